The summed E-state index contributed by atoms with van der Waals surface area (Å²) in [5.74, 6) is 0.882. The molecule has 1 fully saturated rings. The molecule has 0 spiro atoms. The maximum atomic E-state index is 5.44. The number of hydrogen-bond acceptors (Lipinski definition) is 6. The highest BCUT2D eigenvalue weighted by Gasteiger charge is 2.33. The molecule has 1 aromatic rings. The lowest BCUT2D eigenvalue weighted by Crippen LogP contribution is -2.35. The molecule has 1 aliphatic heterocycles. The van der Waals surface area contributed by atoms with Crippen LogP contribution in [0.5, 0.6) is 0 Å². The fourth-order valence-corrected chi connectivity index (χ4v) is 2.49. The first-order valence-corrected chi connectivity index (χ1v) is 7.38. The molecule has 0 amide bonds. The Morgan fingerprint density at radius 3 is 2.43 bits per heavy atom. The van der Waals surface area contributed by atoms with E-state index in [-0.39, 0.29) is 17.7 Å². The van der Waals surface area contributed by atoms with E-state index in [4.69, 9.17) is 14.0 Å². The van der Waals surface area contributed by atoms with Crippen LogP contribution in [0.4, 0.5) is 0 Å². The lowest BCUT2D eigenvalue weighted by Gasteiger charge is -2.19. The fraction of sp³-hybridized carbons (Fsp3) is 0.800. The van der Waals surface area contributed by atoms with Gasteiger partial charge in [0.2, 0.25) is 0 Å². The number of ether oxygens (including phenoxy) is 2. The zero-order valence-electron chi connectivity index (χ0n) is 13.7. The van der Waals surface area contributed by atoms with Crippen molar-refractivity contribution < 1.29 is 14.0 Å². The molecule has 2 rings (SSSR count). The molecule has 120 valence electrons. The van der Waals surface area contributed by atoms with Crippen LogP contribution in [0.15, 0.2) is 10.6 Å². The molecule has 21 heavy (non-hydrogen) atoms. The van der Waals surface area contributed by atoms with Gasteiger partial charge >= 0.3 is 0 Å². The third-order valence-electron chi connectivity index (χ3n) is 3.68. The minimum Gasteiger partial charge on any atom is -0.377 e. The van der Waals surface area contributed by atoms with Gasteiger partial charge < -0.3 is 19.3 Å². The van der Waals surface area contributed by atoms with Crippen LogP contribution in [-0.2, 0) is 22.6 Å². The van der Waals surface area contributed by atoms with Crippen molar-refractivity contribution in [2.45, 2.75) is 51.6 Å². The molecule has 2 atom stereocenters. The van der Waals surface area contributed by atoms with Gasteiger partial charge in [-0.2, -0.15) is 0 Å². The van der Waals surface area contributed by atoms with Gasteiger partial charge in [0.25, 0.3) is 0 Å². The molecule has 0 aliphatic carbocycles. The van der Waals surface area contributed by atoms with Gasteiger partial charge in [0.05, 0.1) is 24.4 Å². The molecule has 0 bridgehead atoms. The van der Waals surface area contributed by atoms with Gasteiger partial charge in [-0.1, -0.05) is 5.16 Å². The van der Waals surface area contributed by atoms with Crippen LogP contribution >= 0.6 is 0 Å². The van der Waals surface area contributed by atoms with E-state index >= 15 is 0 Å². The van der Waals surface area contributed by atoms with Crippen molar-refractivity contribution >= 4 is 0 Å². The summed E-state index contributed by atoms with van der Waals surface area (Å²) in [5, 5.41) is 7.51. The van der Waals surface area contributed by atoms with Crippen molar-refractivity contribution in [2.24, 2.45) is 0 Å². The zero-order valence-corrected chi connectivity index (χ0v) is 13.7. The van der Waals surface area contributed by atoms with Crippen LogP contribution in [0.25, 0.3) is 0 Å². The Balaban J connectivity index is 1.85. The molecule has 6 heteroatoms. The summed E-state index contributed by atoms with van der Waals surface area (Å²) in [6, 6.07) is 2.01. The van der Waals surface area contributed by atoms with E-state index in [9.17, 15) is 0 Å². The van der Waals surface area contributed by atoms with Crippen molar-refractivity contribution in [3.8, 4) is 0 Å². The molecule has 0 radical (unpaired) electrons. The predicted octanol–water partition coefficient (Wildman–Crippen LogP) is 1.41. The van der Waals surface area contributed by atoms with Crippen molar-refractivity contribution in [3.05, 3.63) is 17.5 Å². The molecule has 1 aliphatic rings. The fourth-order valence-electron chi connectivity index (χ4n) is 2.49. The van der Waals surface area contributed by atoms with E-state index in [0.29, 0.717) is 6.54 Å². The number of rotatable bonds is 6. The smallest absolute Gasteiger partial charge is 0.151 e. The summed E-state index contributed by atoms with van der Waals surface area (Å²) in [6.07, 6.45) is 0.250. The number of methoxy groups -OCH3 is 2. The van der Waals surface area contributed by atoms with Gasteiger partial charge in [-0.25, -0.2) is 0 Å². The normalized spacial score (nSPS) is 23.9. The largest absolute Gasteiger partial charge is 0.377 e. The van der Waals surface area contributed by atoms with E-state index in [1.807, 2.05) is 6.07 Å². The number of aromatic nitrogens is 1. The average Bonchev–Trinajstić information content (AvgIpc) is 3.02. The van der Waals surface area contributed by atoms with Gasteiger partial charge in [0, 0.05) is 45.5 Å². The minimum absolute atomic E-state index is 0.0748. The summed E-state index contributed by atoms with van der Waals surface area (Å²) in [5.41, 5.74) is 1.01. The topological polar surface area (TPSA) is 59.8 Å². The Kier molecular flexibility index (Phi) is 5.37. The van der Waals surface area contributed by atoms with Gasteiger partial charge in [0.1, 0.15) is 0 Å². The van der Waals surface area contributed by atoms with Gasteiger partial charge in [-0.05, 0) is 20.8 Å². The molecule has 2 heterocycles. The molecule has 1 aromatic heterocycles. The van der Waals surface area contributed by atoms with Crippen molar-refractivity contribution in [3.63, 3.8) is 0 Å². The summed E-state index contributed by atoms with van der Waals surface area (Å²) >= 11 is 0. The molecule has 0 aromatic carbocycles. The second-order valence-corrected chi connectivity index (χ2v) is 6.63. The first-order valence-electron chi connectivity index (χ1n) is 7.38. The minimum atomic E-state index is 0.0748. The summed E-state index contributed by atoms with van der Waals surface area (Å²) < 4.78 is 16.3. The van der Waals surface area contributed by atoms with E-state index in [2.05, 4.69) is 36.1 Å². The summed E-state index contributed by atoms with van der Waals surface area (Å²) in [4.78, 5) is 2.27. The number of hydrogen-bond donors (Lipinski definition) is 1. The predicted molar refractivity (Wildman–Crippen MR) is 80.0 cm³/mol. The maximum absolute atomic E-state index is 5.44. The van der Waals surface area contributed by atoms with Crippen LogP contribution < -0.4 is 5.32 Å². The Morgan fingerprint density at radius 1 is 1.29 bits per heavy atom. The Hall–Kier alpha value is -0.950. The molecular weight excluding hydrogens is 270 g/mol. The lowest BCUT2D eigenvalue weighted by molar-refractivity contribution is -0.00461. The van der Waals surface area contributed by atoms with Gasteiger partial charge in [-0.15, -0.1) is 0 Å². The third-order valence-corrected chi connectivity index (χ3v) is 3.68. The number of nitrogens with one attached hydrogen (secondary N) is 1. The van der Waals surface area contributed by atoms with Gasteiger partial charge in [0.15, 0.2) is 5.76 Å². The van der Waals surface area contributed by atoms with E-state index < -0.39 is 0 Å². The Morgan fingerprint density at radius 2 is 1.90 bits per heavy atom. The van der Waals surface area contributed by atoms with Crippen LogP contribution in [-0.4, -0.2) is 55.1 Å². The summed E-state index contributed by atoms with van der Waals surface area (Å²) in [7, 11) is 3.45. The van der Waals surface area contributed by atoms with Crippen LogP contribution in [0.2, 0.25) is 0 Å². The zero-order chi connectivity index (χ0) is 15.5. The summed E-state index contributed by atoms with van der Waals surface area (Å²) in [6.45, 7) is 9.56. The quantitative estimate of drug-likeness (QED) is 0.856. The Bertz CT molecular complexity index is 430. The molecule has 2 unspecified atom stereocenters. The Labute approximate surface area is 126 Å². The van der Waals surface area contributed by atoms with Crippen molar-refractivity contribution in [1.29, 1.82) is 0 Å². The third kappa shape index (κ3) is 4.78. The van der Waals surface area contributed by atoms with Crippen LogP contribution in [0, 0.1) is 0 Å². The van der Waals surface area contributed by atoms with E-state index in [1.165, 1.54) is 0 Å². The number of nitrogens with zero attached hydrogens (tertiary/aromatic N) is 2. The van der Waals surface area contributed by atoms with Crippen LogP contribution in [0.1, 0.15) is 32.2 Å². The highest BCUT2D eigenvalue weighted by atomic mass is 16.5. The average molecular weight is 297 g/mol. The van der Waals surface area contributed by atoms with Gasteiger partial charge in [-0.3, -0.25) is 4.90 Å². The maximum Gasteiger partial charge on any atom is 0.151 e. The van der Waals surface area contributed by atoms with Crippen molar-refractivity contribution in [1.82, 2.24) is 15.4 Å². The van der Waals surface area contributed by atoms with Crippen LogP contribution in [0.3, 0.4) is 0 Å². The molecule has 0 saturated carbocycles. The number of likely N-dealkylation sites (tertiary alicyclic amines) is 1. The highest BCUT2D eigenvalue weighted by Crippen LogP contribution is 2.18. The SMILES string of the molecule is COC1CN(Cc2cc(CNC(C)(C)C)no2)CC1OC. The lowest BCUT2D eigenvalue weighted by atomic mass is 10.1. The molecule has 6 nitrogen and oxygen atoms in total. The molecular formula is C15H27N3O3. The molecule has 1 N–H and O–H groups in total. The monoisotopic (exact) mass is 297 g/mol. The second-order valence-electron chi connectivity index (χ2n) is 6.63. The first-order chi connectivity index (χ1) is 9.91. The highest BCUT2D eigenvalue weighted by molar-refractivity contribution is 5.06. The first kappa shape index (κ1) is 16.4. The second kappa shape index (κ2) is 6.87. The molecule has 1 saturated heterocycles. The van der Waals surface area contributed by atoms with Crippen molar-refractivity contribution in [2.75, 3.05) is 27.3 Å². The van der Waals surface area contributed by atoms with E-state index in [1.54, 1.807) is 14.2 Å². The van der Waals surface area contributed by atoms with E-state index in [0.717, 1.165) is 31.1 Å². The standard InChI is InChI=1S/C15H27N3O3/c1-15(2,3)16-7-11-6-12(21-17-11)8-18-9-13(19-4)14(10-18)20-5/h6,13-14,16H,7-10H2,1-5H3.